The predicted molar refractivity (Wildman–Crippen MR) is 63.3 cm³/mol. The highest BCUT2D eigenvalue weighted by Gasteiger charge is 2.29. The zero-order valence-corrected chi connectivity index (χ0v) is 10.9. The van der Waals surface area contributed by atoms with Gasteiger partial charge in [0, 0.05) is 0 Å². The molecule has 0 aliphatic heterocycles. The first-order chi connectivity index (χ1) is 5.98. The first-order valence-electron chi connectivity index (χ1n) is 4.69. The summed E-state index contributed by atoms with van der Waals surface area (Å²) in [4.78, 5) is 0. The van der Waals surface area contributed by atoms with Crippen molar-refractivity contribution in [1.82, 2.24) is 0 Å². The van der Waals surface area contributed by atoms with Gasteiger partial charge in [-0.3, -0.25) is 0 Å². The number of rotatable bonds is 6. The SMILES string of the molecule is CCCCCCCC(Cl)C(Cl)(Cl)Cl. The molecule has 0 N–H and O–H groups in total. The summed E-state index contributed by atoms with van der Waals surface area (Å²) in [5.74, 6) is 0. The Morgan fingerprint density at radius 2 is 1.54 bits per heavy atom. The van der Waals surface area contributed by atoms with Crippen molar-refractivity contribution in [2.75, 3.05) is 0 Å². The molecule has 0 aromatic heterocycles. The van der Waals surface area contributed by atoms with E-state index in [1.165, 1.54) is 25.7 Å². The maximum absolute atomic E-state index is 5.87. The lowest BCUT2D eigenvalue weighted by Crippen LogP contribution is -2.18. The Hall–Kier alpha value is 1.16. The third-order valence-electron chi connectivity index (χ3n) is 1.92. The molecule has 0 amide bonds. The van der Waals surface area contributed by atoms with Crippen LogP contribution >= 0.6 is 46.4 Å². The van der Waals surface area contributed by atoms with Gasteiger partial charge in [0.25, 0.3) is 0 Å². The summed E-state index contributed by atoms with van der Waals surface area (Å²) in [7, 11) is 0. The number of hydrogen-bond donors (Lipinski definition) is 0. The van der Waals surface area contributed by atoms with Crippen molar-refractivity contribution >= 4 is 46.4 Å². The molecule has 0 rings (SSSR count). The van der Waals surface area contributed by atoms with Crippen molar-refractivity contribution in [3.8, 4) is 0 Å². The quantitative estimate of drug-likeness (QED) is 0.450. The van der Waals surface area contributed by atoms with Crippen molar-refractivity contribution in [2.45, 2.75) is 54.6 Å². The monoisotopic (exact) mass is 264 g/mol. The van der Waals surface area contributed by atoms with Gasteiger partial charge < -0.3 is 0 Å². The highest BCUT2D eigenvalue weighted by molar-refractivity contribution is 6.70. The minimum atomic E-state index is -1.31. The Balaban J connectivity index is 3.32. The molecule has 0 aromatic rings. The summed E-state index contributed by atoms with van der Waals surface area (Å²) >= 11 is 22.7. The lowest BCUT2D eigenvalue weighted by Gasteiger charge is -2.17. The van der Waals surface area contributed by atoms with E-state index in [-0.39, 0.29) is 5.38 Å². The number of alkyl halides is 4. The van der Waals surface area contributed by atoms with Crippen LogP contribution in [0.15, 0.2) is 0 Å². The smallest absolute Gasteiger partial charge is 0.118 e. The predicted octanol–water partition coefficient (Wildman–Crippen LogP) is 5.32. The molecule has 0 aromatic carbocycles. The van der Waals surface area contributed by atoms with E-state index in [4.69, 9.17) is 46.4 Å². The Kier molecular flexibility index (Phi) is 8.12. The van der Waals surface area contributed by atoms with E-state index in [0.717, 1.165) is 12.8 Å². The van der Waals surface area contributed by atoms with Gasteiger partial charge in [-0.1, -0.05) is 73.8 Å². The van der Waals surface area contributed by atoms with Gasteiger partial charge in [0.1, 0.15) is 0 Å². The molecular weight excluding hydrogens is 250 g/mol. The molecule has 0 saturated carbocycles. The zero-order valence-electron chi connectivity index (χ0n) is 7.83. The van der Waals surface area contributed by atoms with E-state index < -0.39 is 3.79 Å². The van der Waals surface area contributed by atoms with Crippen LogP contribution in [0, 0.1) is 0 Å². The van der Waals surface area contributed by atoms with Gasteiger partial charge in [-0.15, -0.1) is 11.6 Å². The van der Waals surface area contributed by atoms with Gasteiger partial charge in [-0.05, 0) is 6.42 Å². The van der Waals surface area contributed by atoms with Crippen LogP contribution in [0.2, 0.25) is 0 Å². The molecule has 80 valence electrons. The summed E-state index contributed by atoms with van der Waals surface area (Å²) in [6.07, 6.45) is 6.77. The molecule has 0 aliphatic rings. The summed E-state index contributed by atoms with van der Waals surface area (Å²) < 4.78 is -1.31. The van der Waals surface area contributed by atoms with E-state index in [0.29, 0.717) is 0 Å². The molecular formula is C9H16Cl4. The average Bonchev–Trinajstić information content (AvgIpc) is 2.02. The second-order valence-electron chi connectivity index (χ2n) is 3.21. The second-order valence-corrected chi connectivity index (χ2v) is 6.11. The maximum atomic E-state index is 5.87. The van der Waals surface area contributed by atoms with Crippen LogP contribution in [-0.4, -0.2) is 9.17 Å². The van der Waals surface area contributed by atoms with E-state index >= 15 is 0 Å². The highest BCUT2D eigenvalue weighted by atomic mass is 35.6. The van der Waals surface area contributed by atoms with Crippen LogP contribution in [0.5, 0.6) is 0 Å². The largest absolute Gasteiger partial charge is 0.206 e. The van der Waals surface area contributed by atoms with Crippen LogP contribution in [0.25, 0.3) is 0 Å². The van der Waals surface area contributed by atoms with Crippen molar-refractivity contribution in [1.29, 1.82) is 0 Å². The van der Waals surface area contributed by atoms with E-state index in [1.807, 2.05) is 0 Å². The average molecular weight is 266 g/mol. The minimum absolute atomic E-state index is 0.362. The standard InChI is InChI=1S/C9H16Cl4/c1-2-3-4-5-6-7-8(10)9(11,12)13/h8H,2-7H2,1H3. The molecule has 0 nitrogen and oxygen atoms in total. The molecule has 0 spiro atoms. The van der Waals surface area contributed by atoms with Crippen molar-refractivity contribution in [3.05, 3.63) is 0 Å². The lowest BCUT2D eigenvalue weighted by molar-refractivity contribution is 0.596. The summed E-state index contributed by atoms with van der Waals surface area (Å²) in [6, 6.07) is 0. The first kappa shape index (κ1) is 14.2. The molecule has 0 aliphatic carbocycles. The van der Waals surface area contributed by atoms with Gasteiger partial charge in [-0.2, -0.15) is 0 Å². The topological polar surface area (TPSA) is 0 Å². The fourth-order valence-electron chi connectivity index (χ4n) is 1.09. The van der Waals surface area contributed by atoms with Crippen LogP contribution in [-0.2, 0) is 0 Å². The molecule has 1 unspecified atom stereocenters. The lowest BCUT2D eigenvalue weighted by atomic mass is 10.1. The fourth-order valence-corrected chi connectivity index (χ4v) is 1.57. The van der Waals surface area contributed by atoms with Gasteiger partial charge in [0.15, 0.2) is 0 Å². The molecule has 0 saturated heterocycles. The molecule has 0 fully saturated rings. The summed E-state index contributed by atoms with van der Waals surface area (Å²) in [5, 5.41) is -0.362. The number of unbranched alkanes of at least 4 members (excludes halogenated alkanes) is 4. The molecule has 0 radical (unpaired) electrons. The van der Waals surface area contributed by atoms with Gasteiger partial charge in [0.2, 0.25) is 3.79 Å². The van der Waals surface area contributed by atoms with Gasteiger partial charge >= 0.3 is 0 Å². The Morgan fingerprint density at radius 1 is 1.00 bits per heavy atom. The van der Waals surface area contributed by atoms with Crippen molar-refractivity contribution in [3.63, 3.8) is 0 Å². The Bertz CT molecular complexity index is 119. The zero-order chi connectivity index (χ0) is 10.3. The minimum Gasteiger partial charge on any atom is -0.118 e. The van der Waals surface area contributed by atoms with Crippen molar-refractivity contribution in [2.24, 2.45) is 0 Å². The van der Waals surface area contributed by atoms with E-state index in [1.54, 1.807) is 0 Å². The maximum Gasteiger partial charge on any atom is 0.206 e. The molecule has 13 heavy (non-hydrogen) atoms. The fraction of sp³-hybridized carbons (Fsp3) is 1.00. The normalized spacial score (nSPS) is 14.5. The summed E-state index contributed by atoms with van der Waals surface area (Å²) in [5.41, 5.74) is 0. The number of hydrogen-bond acceptors (Lipinski definition) is 0. The van der Waals surface area contributed by atoms with E-state index in [2.05, 4.69) is 6.92 Å². The Morgan fingerprint density at radius 3 is 2.00 bits per heavy atom. The van der Waals surface area contributed by atoms with Crippen molar-refractivity contribution < 1.29 is 0 Å². The van der Waals surface area contributed by atoms with Crippen LogP contribution < -0.4 is 0 Å². The Labute approximate surface area is 101 Å². The molecule has 0 heterocycles. The van der Waals surface area contributed by atoms with E-state index in [9.17, 15) is 0 Å². The molecule has 0 bridgehead atoms. The van der Waals surface area contributed by atoms with Gasteiger partial charge in [0.05, 0.1) is 5.38 Å². The first-order valence-corrected chi connectivity index (χ1v) is 6.26. The molecule has 1 atom stereocenters. The number of halogens is 4. The van der Waals surface area contributed by atoms with Crippen LogP contribution in [0.4, 0.5) is 0 Å². The van der Waals surface area contributed by atoms with Gasteiger partial charge in [-0.25, -0.2) is 0 Å². The third kappa shape index (κ3) is 8.17. The van der Waals surface area contributed by atoms with Crippen LogP contribution in [0.1, 0.15) is 45.4 Å². The highest BCUT2D eigenvalue weighted by Crippen LogP contribution is 2.36. The second kappa shape index (κ2) is 7.45. The molecule has 4 heteroatoms. The third-order valence-corrected chi connectivity index (χ3v) is 3.59. The van der Waals surface area contributed by atoms with Crippen LogP contribution in [0.3, 0.4) is 0 Å². The summed E-state index contributed by atoms with van der Waals surface area (Å²) in [6.45, 7) is 2.19.